The molecule has 0 bridgehead atoms. The third kappa shape index (κ3) is 4.64. The Morgan fingerprint density at radius 1 is 1.47 bits per heavy atom. The minimum Gasteiger partial charge on any atom is -0.497 e. The largest absolute Gasteiger partial charge is 0.497 e. The maximum atomic E-state index is 5.77. The van der Waals surface area contributed by atoms with Gasteiger partial charge in [0.25, 0.3) is 0 Å². The molecule has 5 heteroatoms. The molecule has 1 saturated heterocycles. The molecule has 0 spiro atoms. The summed E-state index contributed by atoms with van der Waals surface area (Å²) in [6.07, 6.45) is 2.50. The quantitative estimate of drug-likeness (QED) is 0.919. The highest BCUT2D eigenvalue weighted by Gasteiger charge is 2.19. The van der Waals surface area contributed by atoms with Crippen LogP contribution in [0.25, 0.3) is 0 Å². The molecule has 0 aromatic carbocycles. The molecule has 0 saturated carbocycles. The molecule has 2 rings (SSSR count). The number of aromatic nitrogens is 1. The van der Waals surface area contributed by atoms with E-state index in [0.717, 1.165) is 43.3 Å². The summed E-state index contributed by atoms with van der Waals surface area (Å²) in [4.78, 5) is 7.02. The zero-order chi connectivity index (χ0) is 13.0. The predicted octanol–water partition coefficient (Wildman–Crippen LogP) is 1.99. The van der Waals surface area contributed by atoms with E-state index >= 15 is 0 Å². The Labute approximate surface area is 121 Å². The highest BCUT2D eigenvalue weighted by Crippen LogP contribution is 2.19. The van der Waals surface area contributed by atoms with Crippen LogP contribution in [0.15, 0.2) is 12.1 Å². The molecule has 1 aliphatic rings. The van der Waals surface area contributed by atoms with Crippen LogP contribution < -0.4 is 10.5 Å². The lowest BCUT2D eigenvalue weighted by Gasteiger charge is -2.31. The second-order valence-electron chi connectivity index (χ2n) is 5.12. The van der Waals surface area contributed by atoms with Crippen molar-refractivity contribution < 1.29 is 4.74 Å². The van der Waals surface area contributed by atoms with Gasteiger partial charge in [-0.05, 0) is 38.8 Å². The second-order valence-corrected chi connectivity index (χ2v) is 5.12. The summed E-state index contributed by atoms with van der Waals surface area (Å²) in [5.74, 6) is 1.54. The maximum Gasteiger partial charge on any atom is 0.122 e. The number of ether oxygens (including phenoxy) is 1. The summed E-state index contributed by atoms with van der Waals surface area (Å²) in [6.45, 7) is 5.93. The van der Waals surface area contributed by atoms with Crippen LogP contribution in [0, 0.1) is 12.8 Å². The van der Waals surface area contributed by atoms with Crippen molar-refractivity contribution in [2.24, 2.45) is 11.7 Å². The average molecular weight is 286 g/mol. The summed E-state index contributed by atoms with van der Waals surface area (Å²) in [6, 6.07) is 3.99. The molecule has 1 aliphatic heterocycles. The number of halogens is 1. The Kier molecular flexibility index (Phi) is 6.55. The number of likely N-dealkylation sites (tertiary alicyclic amines) is 1. The molecule has 19 heavy (non-hydrogen) atoms. The molecular weight excluding hydrogens is 262 g/mol. The van der Waals surface area contributed by atoms with Gasteiger partial charge >= 0.3 is 0 Å². The van der Waals surface area contributed by atoms with Gasteiger partial charge in [-0.2, -0.15) is 0 Å². The van der Waals surface area contributed by atoms with Gasteiger partial charge in [0, 0.05) is 30.9 Å². The van der Waals surface area contributed by atoms with Crippen LogP contribution in [0.2, 0.25) is 0 Å². The van der Waals surface area contributed by atoms with Gasteiger partial charge in [-0.25, -0.2) is 0 Å². The molecule has 1 aromatic rings. The van der Waals surface area contributed by atoms with Crippen molar-refractivity contribution in [3.05, 3.63) is 23.5 Å². The first-order chi connectivity index (χ1) is 8.71. The van der Waals surface area contributed by atoms with E-state index in [1.54, 1.807) is 7.11 Å². The molecule has 2 heterocycles. The molecule has 2 N–H and O–H groups in total. The van der Waals surface area contributed by atoms with E-state index in [1.807, 2.05) is 19.1 Å². The SMILES string of the molecule is COc1cc(C)nc(CN2CCCC(CN)C2)c1.Cl. The number of pyridine rings is 1. The molecule has 0 amide bonds. The zero-order valence-corrected chi connectivity index (χ0v) is 12.6. The molecule has 4 nitrogen and oxygen atoms in total. The summed E-state index contributed by atoms with van der Waals surface area (Å²) in [7, 11) is 1.70. The van der Waals surface area contributed by atoms with Crippen molar-refractivity contribution >= 4 is 12.4 Å². The second kappa shape index (κ2) is 7.68. The monoisotopic (exact) mass is 285 g/mol. The van der Waals surface area contributed by atoms with Crippen LogP contribution >= 0.6 is 12.4 Å². The number of piperidine rings is 1. The molecular formula is C14H24ClN3O. The molecule has 1 unspecified atom stereocenters. The number of hydrogen-bond donors (Lipinski definition) is 1. The Balaban J connectivity index is 0.00000180. The van der Waals surface area contributed by atoms with Crippen molar-refractivity contribution in [3.8, 4) is 5.75 Å². The molecule has 0 aliphatic carbocycles. The Morgan fingerprint density at radius 3 is 2.95 bits per heavy atom. The Hall–Kier alpha value is -0.840. The minimum absolute atomic E-state index is 0. The fraction of sp³-hybridized carbons (Fsp3) is 0.643. The van der Waals surface area contributed by atoms with Crippen molar-refractivity contribution in [1.29, 1.82) is 0 Å². The summed E-state index contributed by atoms with van der Waals surface area (Å²) < 4.78 is 5.29. The van der Waals surface area contributed by atoms with Crippen LogP contribution in [0.3, 0.4) is 0 Å². The van der Waals surface area contributed by atoms with E-state index in [1.165, 1.54) is 12.8 Å². The van der Waals surface area contributed by atoms with E-state index in [0.29, 0.717) is 5.92 Å². The van der Waals surface area contributed by atoms with Crippen LogP contribution in [0.5, 0.6) is 5.75 Å². The molecule has 0 radical (unpaired) electrons. The fourth-order valence-electron chi connectivity index (χ4n) is 2.62. The highest BCUT2D eigenvalue weighted by molar-refractivity contribution is 5.85. The lowest BCUT2D eigenvalue weighted by Crippen LogP contribution is -2.38. The number of nitrogens with zero attached hydrogens (tertiary/aromatic N) is 2. The zero-order valence-electron chi connectivity index (χ0n) is 11.8. The van der Waals surface area contributed by atoms with Gasteiger partial charge in [-0.3, -0.25) is 9.88 Å². The number of methoxy groups -OCH3 is 1. The number of rotatable bonds is 4. The van der Waals surface area contributed by atoms with E-state index in [9.17, 15) is 0 Å². The van der Waals surface area contributed by atoms with Crippen molar-refractivity contribution in [2.45, 2.75) is 26.3 Å². The van der Waals surface area contributed by atoms with E-state index in [-0.39, 0.29) is 12.4 Å². The Morgan fingerprint density at radius 2 is 2.26 bits per heavy atom. The summed E-state index contributed by atoms with van der Waals surface area (Å²) >= 11 is 0. The van der Waals surface area contributed by atoms with Crippen molar-refractivity contribution in [3.63, 3.8) is 0 Å². The fourth-order valence-corrected chi connectivity index (χ4v) is 2.62. The first-order valence-corrected chi connectivity index (χ1v) is 6.65. The number of aryl methyl sites for hydroxylation is 1. The van der Waals surface area contributed by atoms with Gasteiger partial charge < -0.3 is 10.5 Å². The van der Waals surface area contributed by atoms with Crippen molar-refractivity contribution in [2.75, 3.05) is 26.7 Å². The summed E-state index contributed by atoms with van der Waals surface area (Å²) in [5, 5.41) is 0. The first kappa shape index (κ1) is 16.2. The molecule has 108 valence electrons. The molecule has 1 fully saturated rings. The van der Waals surface area contributed by atoms with Gasteiger partial charge in [0.15, 0.2) is 0 Å². The van der Waals surface area contributed by atoms with E-state index in [4.69, 9.17) is 10.5 Å². The topological polar surface area (TPSA) is 51.4 Å². The lowest BCUT2D eigenvalue weighted by atomic mass is 9.98. The van der Waals surface area contributed by atoms with E-state index < -0.39 is 0 Å². The van der Waals surface area contributed by atoms with Crippen LogP contribution in [-0.2, 0) is 6.54 Å². The number of hydrogen-bond acceptors (Lipinski definition) is 4. The maximum absolute atomic E-state index is 5.77. The first-order valence-electron chi connectivity index (χ1n) is 6.65. The molecule has 1 atom stereocenters. The van der Waals surface area contributed by atoms with Gasteiger partial charge in [0.2, 0.25) is 0 Å². The van der Waals surface area contributed by atoms with Gasteiger partial charge in [-0.15, -0.1) is 12.4 Å². The summed E-state index contributed by atoms with van der Waals surface area (Å²) in [5.41, 5.74) is 7.86. The van der Waals surface area contributed by atoms with Crippen LogP contribution in [0.1, 0.15) is 24.2 Å². The lowest BCUT2D eigenvalue weighted by molar-refractivity contribution is 0.169. The van der Waals surface area contributed by atoms with Crippen LogP contribution in [0.4, 0.5) is 0 Å². The minimum atomic E-state index is 0. The highest BCUT2D eigenvalue weighted by atomic mass is 35.5. The predicted molar refractivity (Wildman–Crippen MR) is 79.8 cm³/mol. The third-order valence-electron chi connectivity index (χ3n) is 3.54. The van der Waals surface area contributed by atoms with Gasteiger partial charge in [0.05, 0.1) is 12.8 Å². The van der Waals surface area contributed by atoms with Gasteiger partial charge in [-0.1, -0.05) is 0 Å². The molecule has 1 aromatic heterocycles. The van der Waals surface area contributed by atoms with Gasteiger partial charge in [0.1, 0.15) is 5.75 Å². The van der Waals surface area contributed by atoms with Crippen LogP contribution in [-0.4, -0.2) is 36.6 Å². The average Bonchev–Trinajstić information content (AvgIpc) is 2.38. The smallest absolute Gasteiger partial charge is 0.122 e. The Bertz CT molecular complexity index is 400. The van der Waals surface area contributed by atoms with Crippen molar-refractivity contribution in [1.82, 2.24) is 9.88 Å². The third-order valence-corrected chi connectivity index (χ3v) is 3.54. The van der Waals surface area contributed by atoms with E-state index in [2.05, 4.69) is 9.88 Å². The standard InChI is InChI=1S/C14H23N3O.ClH/c1-11-6-14(18-2)7-13(16-11)10-17-5-3-4-12(8-15)9-17;/h6-7,12H,3-5,8-10,15H2,1-2H3;1H. The normalized spacial score (nSPS) is 19.8. The number of nitrogens with two attached hydrogens (primary N) is 1.